The van der Waals surface area contributed by atoms with Crippen LogP contribution in [0.3, 0.4) is 0 Å². The number of ether oxygens (including phenoxy) is 1. The lowest BCUT2D eigenvalue weighted by atomic mass is 9.84. The van der Waals surface area contributed by atoms with Gasteiger partial charge in [-0.3, -0.25) is 0 Å². The molecule has 2 saturated heterocycles. The van der Waals surface area contributed by atoms with Gasteiger partial charge in [0.15, 0.2) is 0 Å². The summed E-state index contributed by atoms with van der Waals surface area (Å²) in [6.07, 6.45) is -3.03. The van der Waals surface area contributed by atoms with E-state index in [1.54, 1.807) is 22.5 Å². The fourth-order valence-electron chi connectivity index (χ4n) is 3.52. The summed E-state index contributed by atoms with van der Waals surface area (Å²) >= 11 is 0. The third kappa shape index (κ3) is 6.16. The number of carboxylic acid groups (broad SMARTS) is 1. The van der Waals surface area contributed by atoms with Crippen molar-refractivity contribution in [2.75, 3.05) is 40.3 Å². The molecule has 11 heteroatoms. The first-order valence-electron chi connectivity index (χ1n) is 9.41. The molecule has 0 radical (unpaired) electrons. The number of rotatable bonds is 4. The van der Waals surface area contributed by atoms with Gasteiger partial charge >= 0.3 is 12.1 Å². The number of halogens is 3. The second-order valence-corrected chi connectivity index (χ2v) is 9.99. The molecule has 0 aliphatic carbocycles. The first-order valence-corrected chi connectivity index (χ1v) is 10.8. The Kier molecular flexibility index (Phi) is 7.54. The Morgan fingerprint density at radius 3 is 2.37 bits per heavy atom. The van der Waals surface area contributed by atoms with E-state index < -0.39 is 22.2 Å². The van der Waals surface area contributed by atoms with Crippen LogP contribution in [0.2, 0.25) is 0 Å². The van der Waals surface area contributed by atoms with E-state index in [2.05, 4.69) is 19.0 Å². The minimum atomic E-state index is -5.08. The van der Waals surface area contributed by atoms with Crippen molar-refractivity contribution in [3.05, 3.63) is 29.8 Å². The average Bonchev–Trinajstić information content (AvgIpc) is 2.59. The molecular formula is C19H27F3N2O5S. The van der Waals surface area contributed by atoms with Gasteiger partial charge in [0.05, 0.1) is 17.1 Å². The van der Waals surface area contributed by atoms with E-state index >= 15 is 0 Å². The van der Waals surface area contributed by atoms with Crippen molar-refractivity contribution >= 4 is 16.0 Å². The van der Waals surface area contributed by atoms with Gasteiger partial charge in [-0.1, -0.05) is 12.1 Å². The molecule has 0 bridgehead atoms. The van der Waals surface area contributed by atoms with Crippen molar-refractivity contribution in [1.29, 1.82) is 0 Å². The summed E-state index contributed by atoms with van der Waals surface area (Å²) in [5.74, 6) is -2.20. The quantitative estimate of drug-likeness (QED) is 0.755. The molecule has 1 aromatic rings. The molecule has 1 atom stereocenters. The van der Waals surface area contributed by atoms with Crippen LogP contribution in [-0.2, 0) is 19.6 Å². The summed E-state index contributed by atoms with van der Waals surface area (Å²) in [6.45, 7) is 4.64. The van der Waals surface area contributed by atoms with E-state index in [1.165, 1.54) is 0 Å². The molecule has 1 N–H and O–H groups in total. The van der Waals surface area contributed by atoms with Crippen molar-refractivity contribution in [3.8, 4) is 0 Å². The number of nitrogens with zero attached hydrogens (tertiary/aromatic N) is 2. The van der Waals surface area contributed by atoms with Crippen molar-refractivity contribution in [2.45, 2.75) is 36.4 Å². The van der Waals surface area contributed by atoms with E-state index in [0.29, 0.717) is 23.9 Å². The highest BCUT2D eigenvalue weighted by atomic mass is 32.2. The standard InChI is InChI=1S/C17H26N2O3S.C2HF3O2/c1-14-5-4-6-16(9-14)23(20,21)19-12-17(13-19)8-7-15(11-22-17)10-18(2)3;3-2(4,5)1(6)7/h4-6,9,15H,7-8,10-13H2,1-3H3;(H,6,7). The number of aliphatic carboxylic acids is 1. The average molecular weight is 452 g/mol. The number of hydrogen-bond acceptors (Lipinski definition) is 5. The van der Waals surface area contributed by atoms with Crippen LogP contribution in [-0.4, -0.2) is 80.8 Å². The largest absolute Gasteiger partial charge is 0.490 e. The van der Waals surface area contributed by atoms with Crippen LogP contribution in [0.4, 0.5) is 13.2 Å². The van der Waals surface area contributed by atoms with Gasteiger partial charge in [-0.25, -0.2) is 13.2 Å². The maximum atomic E-state index is 12.7. The lowest BCUT2D eigenvalue weighted by Crippen LogP contribution is -2.66. The first kappa shape index (κ1) is 24.6. The van der Waals surface area contributed by atoms with Gasteiger partial charge in [0.25, 0.3) is 0 Å². The molecule has 2 aliphatic rings. The predicted octanol–water partition coefficient (Wildman–Crippen LogP) is 2.36. The SMILES string of the molecule is Cc1cccc(S(=O)(=O)N2CC3(CCC(CN(C)C)CO3)C2)c1.O=C(O)C(F)(F)F. The minimum Gasteiger partial charge on any atom is -0.475 e. The Balaban J connectivity index is 0.000000396. The van der Waals surface area contributed by atoms with Crippen LogP contribution in [0.15, 0.2) is 29.2 Å². The van der Waals surface area contributed by atoms with Gasteiger partial charge < -0.3 is 14.7 Å². The molecule has 30 heavy (non-hydrogen) atoms. The van der Waals surface area contributed by atoms with Crippen LogP contribution >= 0.6 is 0 Å². The fraction of sp³-hybridized carbons (Fsp3) is 0.632. The molecule has 0 saturated carbocycles. The van der Waals surface area contributed by atoms with E-state index in [1.807, 2.05) is 13.0 Å². The van der Waals surface area contributed by atoms with Crippen LogP contribution in [0.25, 0.3) is 0 Å². The first-order chi connectivity index (χ1) is 13.7. The molecular weight excluding hydrogens is 425 g/mol. The van der Waals surface area contributed by atoms with Gasteiger partial charge in [0.2, 0.25) is 10.0 Å². The Hall–Kier alpha value is -1.69. The number of benzene rings is 1. The van der Waals surface area contributed by atoms with Gasteiger partial charge in [0.1, 0.15) is 0 Å². The molecule has 2 aliphatic heterocycles. The maximum absolute atomic E-state index is 12.7. The number of sulfonamides is 1. The second kappa shape index (κ2) is 9.21. The van der Waals surface area contributed by atoms with E-state index in [0.717, 1.165) is 31.6 Å². The van der Waals surface area contributed by atoms with E-state index in [4.69, 9.17) is 14.6 Å². The predicted molar refractivity (Wildman–Crippen MR) is 104 cm³/mol. The molecule has 170 valence electrons. The highest BCUT2D eigenvalue weighted by Crippen LogP contribution is 2.38. The fourth-order valence-corrected chi connectivity index (χ4v) is 5.21. The van der Waals surface area contributed by atoms with E-state index in [9.17, 15) is 21.6 Å². The molecule has 3 rings (SSSR count). The maximum Gasteiger partial charge on any atom is 0.490 e. The van der Waals surface area contributed by atoms with Gasteiger partial charge in [-0.15, -0.1) is 0 Å². The third-order valence-electron chi connectivity index (χ3n) is 5.06. The Labute approximate surface area is 174 Å². The zero-order chi connectivity index (χ0) is 22.7. The highest BCUT2D eigenvalue weighted by Gasteiger charge is 2.51. The van der Waals surface area contributed by atoms with Crippen molar-refractivity contribution in [3.63, 3.8) is 0 Å². The van der Waals surface area contributed by atoms with Crippen LogP contribution < -0.4 is 0 Å². The normalized spacial score (nSPS) is 21.6. The number of alkyl halides is 3. The summed E-state index contributed by atoms with van der Waals surface area (Å²) in [6, 6.07) is 7.10. The monoisotopic (exact) mass is 452 g/mol. The molecule has 1 spiro atoms. The van der Waals surface area contributed by atoms with Crippen LogP contribution in [0.5, 0.6) is 0 Å². The summed E-state index contributed by atoms with van der Waals surface area (Å²) in [4.78, 5) is 11.5. The Morgan fingerprint density at radius 1 is 1.33 bits per heavy atom. The lowest BCUT2D eigenvalue weighted by Gasteiger charge is -2.52. The number of aryl methyl sites for hydroxylation is 1. The highest BCUT2D eigenvalue weighted by molar-refractivity contribution is 7.89. The molecule has 2 heterocycles. The number of carbonyl (C=O) groups is 1. The molecule has 2 fully saturated rings. The smallest absolute Gasteiger partial charge is 0.475 e. The third-order valence-corrected chi connectivity index (χ3v) is 6.84. The summed E-state index contributed by atoms with van der Waals surface area (Å²) < 4.78 is 64.7. The Morgan fingerprint density at radius 2 is 1.93 bits per heavy atom. The van der Waals surface area contributed by atoms with Crippen molar-refractivity contribution < 1.29 is 36.2 Å². The van der Waals surface area contributed by atoms with E-state index in [-0.39, 0.29) is 5.60 Å². The molecule has 1 aromatic carbocycles. The van der Waals surface area contributed by atoms with Crippen molar-refractivity contribution in [2.24, 2.45) is 5.92 Å². The van der Waals surface area contributed by atoms with Crippen LogP contribution in [0.1, 0.15) is 18.4 Å². The summed E-state index contributed by atoms with van der Waals surface area (Å²) in [5, 5.41) is 7.12. The minimum absolute atomic E-state index is 0.250. The lowest BCUT2D eigenvalue weighted by molar-refractivity contribution is -0.192. The topological polar surface area (TPSA) is 87.2 Å². The van der Waals surface area contributed by atoms with Crippen molar-refractivity contribution in [1.82, 2.24) is 9.21 Å². The summed E-state index contributed by atoms with van der Waals surface area (Å²) in [5.41, 5.74) is 0.710. The summed E-state index contributed by atoms with van der Waals surface area (Å²) in [7, 11) is 0.759. The molecule has 0 aromatic heterocycles. The second-order valence-electron chi connectivity index (χ2n) is 8.05. The number of hydrogen-bond donors (Lipinski definition) is 1. The molecule has 0 amide bonds. The zero-order valence-corrected chi connectivity index (χ0v) is 18.0. The Bertz CT molecular complexity index is 842. The van der Waals surface area contributed by atoms with Gasteiger partial charge in [-0.05, 0) is 57.5 Å². The molecule has 7 nitrogen and oxygen atoms in total. The zero-order valence-electron chi connectivity index (χ0n) is 17.1. The molecule has 1 unspecified atom stereocenters. The van der Waals surface area contributed by atoms with Crippen LogP contribution in [0, 0.1) is 12.8 Å². The van der Waals surface area contributed by atoms with Gasteiger partial charge in [0, 0.05) is 19.6 Å². The van der Waals surface area contributed by atoms with Gasteiger partial charge in [-0.2, -0.15) is 17.5 Å². The number of carboxylic acids is 1.